The zero-order valence-corrected chi connectivity index (χ0v) is 11.5. The number of anilines is 1. The van der Waals surface area contributed by atoms with E-state index in [9.17, 15) is 19.7 Å². The predicted octanol–water partition coefficient (Wildman–Crippen LogP) is 1.44. The fraction of sp³-hybridized carbons (Fsp3) is 0.154. The van der Waals surface area contributed by atoms with E-state index in [2.05, 4.69) is 10.4 Å². The van der Waals surface area contributed by atoms with Crippen LogP contribution in [0.15, 0.2) is 30.5 Å². The predicted molar refractivity (Wildman–Crippen MR) is 75.6 cm³/mol. The maximum atomic E-state index is 12.0. The number of aromatic nitrogens is 2. The molecular formula is C13H12N4O5. The maximum Gasteiger partial charge on any atom is 0.325 e. The highest BCUT2D eigenvalue weighted by atomic mass is 16.6. The molecule has 0 atom stereocenters. The van der Waals surface area contributed by atoms with E-state index in [0.717, 1.165) is 4.68 Å². The first-order chi connectivity index (χ1) is 10.4. The minimum atomic E-state index is -1.09. The smallest absolute Gasteiger partial charge is 0.325 e. The molecule has 0 bridgehead atoms. The lowest BCUT2D eigenvalue weighted by atomic mass is 10.2. The number of nitro groups is 1. The number of carbonyl (C=O) groups is 2. The van der Waals surface area contributed by atoms with Crippen LogP contribution in [0.25, 0.3) is 0 Å². The van der Waals surface area contributed by atoms with Crippen molar-refractivity contribution in [2.24, 2.45) is 0 Å². The molecule has 0 saturated carbocycles. The van der Waals surface area contributed by atoms with Crippen LogP contribution < -0.4 is 5.32 Å². The molecule has 114 valence electrons. The molecule has 1 amide bonds. The first-order valence-corrected chi connectivity index (χ1v) is 6.18. The number of nitrogens with zero attached hydrogens (tertiary/aromatic N) is 3. The standard InChI is InChI=1S/C13H12N4O5/c1-8-2-3-9(11(6-8)17(21)22)14-13(20)10-4-5-16(15-10)7-12(18)19/h2-6H,7H2,1H3,(H,14,20)(H,18,19). The van der Waals surface area contributed by atoms with Crippen molar-refractivity contribution in [1.82, 2.24) is 9.78 Å². The van der Waals surface area contributed by atoms with E-state index in [0.29, 0.717) is 5.56 Å². The van der Waals surface area contributed by atoms with Gasteiger partial charge in [-0.25, -0.2) is 0 Å². The Morgan fingerprint density at radius 3 is 2.77 bits per heavy atom. The topological polar surface area (TPSA) is 127 Å². The Hall–Kier alpha value is -3.23. The van der Waals surface area contributed by atoms with E-state index in [4.69, 9.17) is 5.11 Å². The van der Waals surface area contributed by atoms with Gasteiger partial charge in [0.1, 0.15) is 12.2 Å². The molecule has 0 aliphatic carbocycles. The Kier molecular flexibility index (Phi) is 4.16. The average Bonchev–Trinajstić information content (AvgIpc) is 2.88. The molecule has 9 heteroatoms. The van der Waals surface area contributed by atoms with Gasteiger partial charge in [-0.1, -0.05) is 6.07 Å². The SMILES string of the molecule is Cc1ccc(NC(=O)c2ccn(CC(=O)O)n2)c([N+](=O)[O-])c1. The largest absolute Gasteiger partial charge is 0.480 e. The molecular weight excluding hydrogens is 292 g/mol. The highest BCUT2D eigenvalue weighted by Crippen LogP contribution is 2.25. The van der Waals surface area contributed by atoms with Crippen molar-refractivity contribution >= 4 is 23.3 Å². The van der Waals surface area contributed by atoms with Crippen LogP contribution in [-0.2, 0) is 11.3 Å². The van der Waals surface area contributed by atoms with E-state index in [1.54, 1.807) is 13.0 Å². The molecule has 2 rings (SSSR count). The lowest BCUT2D eigenvalue weighted by Crippen LogP contribution is -2.15. The fourth-order valence-corrected chi connectivity index (χ4v) is 1.79. The molecule has 0 unspecified atom stereocenters. The van der Waals surface area contributed by atoms with Crippen molar-refractivity contribution in [3.63, 3.8) is 0 Å². The fourth-order valence-electron chi connectivity index (χ4n) is 1.79. The van der Waals surface area contributed by atoms with Crippen molar-refractivity contribution in [2.75, 3.05) is 5.32 Å². The molecule has 1 heterocycles. The third-order valence-electron chi connectivity index (χ3n) is 2.77. The summed E-state index contributed by atoms with van der Waals surface area (Å²) in [4.78, 5) is 33.0. The highest BCUT2D eigenvalue weighted by molar-refractivity contribution is 6.04. The van der Waals surface area contributed by atoms with E-state index < -0.39 is 16.8 Å². The van der Waals surface area contributed by atoms with Crippen molar-refractivity contribution < 1.29 is 19.6 Å². The molecule has 0 aliphatic heterocycles. The van der Waals surface area contributed by atoms with Gasteiger partial charge in [-0.05, 0) is 24.6 Å². The number of aryl methyl sites for hydroxylation is 1. The van der Waals surface area contributed by atoms with E-state index in [-0.39, 0.29) is 23.6 Å². The summed E-state index contributed by atoms with van der Waals surface area (Å²) < 4.78 is 1.08. The van der Waals surface area contributed by atoms with Crippen molar-refractivity contribution in [3.8, 4) is 0 Å². The van der Waals surface area contributed by atoms with Gasteiger partial charge in [0.05, 0.1) is 4.92 Å². The summed E-state index contributed by atoms with van der Waals surface area (Å²) >= 11 is 0. The van der Waals surface area contributed by atoms with Crippen LogP contribution in [-0.4, -0.2) is 31.7 Å². The van der Waals surface area contributed by atoms with Crippen molar-refractivity contribution in [3.05, 3.63) is 51.8 Å². The lowest BCUT2D eigenvalue weighted by Gasteiger charge is -2.05. The maximum absolute atomic E-state index is 12.0. The van der Waals surface area contributed by atoms with Gasteiger partial charge in [-0.3, -0.25) is 24.4 Å². The normalized spacial score (nSPS) is 10.2. The Bertz CT molecular complexity index is 753. The number of nitro benzene ring substituents is 1. The number of carboxylic acids is 1. The summed E-state index contributed by atoms with van der Waals surface area (Å²) in [5.74, 6) is -1.75. The molecule has 2 aromatic rings. The number of benzene rings is 1. The van der Waals surface area contributed by atoms with Crippen LogP contribution in [0.1, 0.15) is 16.1 Å². The Morgan fingerprint density at radius 1 is 1.41 bits per heavy atom. The van der Waals surface area contributed by atoms with Gasteiger partial charge in [-0.15, -0.1) is 0 Å². The van der Waals surface area contributed by atoms with Crippen molar-refractivity contribution in [2.45, 2.75) is 13.5 Å². The lowest BCUT2D eigenvalue weighted by molar-refractivity contribution is -0.384. The number of aliphatic carboxylic acids is 1. The van der Waals surface area contributed by atoms with Gasteiger partial charge in [-0.2, -0.15) is 5.10 Å². The second-order valence-electron chi connectivity index (χ2n) is 4.52. The van der Waals surface area contributed by atoms with Gasteiger partial charge < -0.3 is 10.4 Å². The minimum absolute atomic E-state index is 0.0314. The molecule has 1 aromatic carbocycles. The number of rotatable bonds is 5. The molecule has 0 saturated heterocycles. The summed E-state index contributed by atoms with van der Waals surface area (Å²) in [6.45, 7) is 1.32. The second-order valence-corrected chi connectivity index (χ2v) is 4.52. The Balaban J connectivity index is 2.20. The Morgan fingerprint density at radius 2 is 2.14 bits per heavy atom. The zero-order chi connectivity index (χ0) is 16.3. The van der Waals surface area contributed by atoms with Crippen LogP contribution in [0.3, 0.4) is 0 Å². The zero-order valence-electron chi connectivity index (χ0n) is 11.5. The van der Waals surface area contributed by atoms with Crippen LogP contribution in [0, 0.1) is 17.0 Å². The van der Waals surface area contributed by atoms with Crippen LogP contribution in [0.4, 0.5) is 11.4 Å². The minimum Gasteiger partial charge on any atom is -0.480 e. The first-order valence-electron chi connectivity index (χ1n) is 6.18. The van der Waals surface area contributed by atoms with Crippen molar-refractivity contribution in [1.29, 1.82) is 0 Å². The average molecular weight is 304 g/mol. The monoisotopic (exact) mass is 304 g/mol. The molecule has 0 aliphatic rings. The number of carbonyl (C=O) groups excluding carboxylic acids is 1. The second kappa shape index (κ2) is 6.04. The number of carboxylic acid groups (broad SMARTS) is 1. The van der Waals surface area contributed by atoms with Crippen LogP contribution >= 0.6 is 0 Å². The molecule has 9 nitrogen and oxygen atoms in total. The van der Waals surface area contributed by atoms with Gasteiger partial charge in [0.2, 0.25) is 0 Å². The van der Waals surface area contributed by atoms with E-state index in [1.807, 2.05) is 0 Å². The number of amides is 1. The van der Waals surface area contributed by atoms with Gasteiger partial charge >= 0.3 is 5.97 Å². The summed E-state index contributed by atoms with van der Waals surface area (Å²) in [7, 11) is 0. The third-order valence-corrected chi connectivity index (χ3v) is 2.77. The van der Waals surface area contributed by atoms with Gasteiger partial charge in [0.15, 0.2) is 5.69 Å². The van der Waals surface area contributed by atoms with Gasteiger partial charge in [0.25, 0.3) is 11.6 Å². The number of hydrogen-bond acceptors (Lipinski definition) is 5. The number of hydrogen-bond donors (Lipinski definition) is 2. The van der Waals surface area contributed by atoms with E-state index >= 15 is 0 Å². The quantitative estimate of drug-likeness (QED) is 0.635. The molecule has 22 heavy (non-hydrogen) atoms. The molecule has 0 fully saturated rings. The summed E-state index contributed by atoms with van der Waals surface area (Å²) in [6.07, 6.45) is 1.34. The highest BCUT2D eigenvalue weighted by Gasteiger charge is 2.18. The Labute approximate surface area is 124 Å². The number of nitrogens with one attached hydrogen (secondary N) is 1. The summed E-state index contributed by atoms with van der Waals surface area (Å²) in [5, 5.41) is 25.8. The molecule has 0 spiro atoms. The summed E-state index contributed by atoms with van der Waals surface area (Å²) in [6, 6.07) is 5.74. The van der Waals surface area contributed by atoms with Crippen LogP contribution in [0.5, 0.6) is 0 Å². The first kappa shape index (κ1) is 15.2. The van der Waals surface area contributed by atoms with E-state index in [1.165, 1.54) is 24.4 Å². The molecule has 2 N–H and O–H groups in total. The third kappa shape index (κ3) is 3.45. The molecule has 1 aromatic heterocycles. The molecule has 0 radical (unpaired) electrons. The summed E-state index contributed by atoms with van der Waals surface area (Å²) in [5.41, 5.74) is 0.485. The van der Waals surface area contributed by atoms with Crippen LogP contribution in [0.2, 0.25) is 0 Å². The van der Waals surface area contributed by atoms with Gasteiger partial charge in [0, 0.05) is 12.3 Å².